The van der Waals surface area contributed by atoms with Crippen LogP contribution in [0.4, 0.5) is 4.39 Å². The predicted molar refractivity (Wildman–Crippen MR) is 78.3 cm³/mol. The van der Waals surface area contributed by atoms with Crippen LogP contribution in [0.5, 0.6) is 0 Å². The summed E-state index contributed by atoms with van der Waals surface area (Å²) in [6.45, 7) is 4.70. The van der Waals surface area contributed by atoms with Gasteiger partial charge in [0, 0.05) is 6.20 Å². The molecule has 0 aliphatic carbocycles. The summed E-state index contributed by atoms with van der Waals surface area (Å²) in [5.74, 6) is 0.339. The number of rotatable bonds is 5. The molecule has 20 heavy (non-hydrogen) atoms. The third-order valence-electron chi connectivity index (χ3n) is 3.03. The summed E-state index contributed by atoms with van der Waals surface area (Å²) in [6, 6.07) is 6.81. The first-order chi connectivity index (χ1) is 9.60. The Labute approximate surface area is 123 Å². The molecule has 1 atom stereocenters. The lowest BCUT2D eigenvalue weighted by Gasteiger charge is -2.18. The first-order valence-corrected chi connectivity index (χ1v) is 6.94. The Morgan fingerprint density at radius 1 is 1.35 bits per heavy atom. The van der Waals surface area contributed by atoms with E-state index in [1.807, 2.05) is 26.0 Å². The van der Waals surface area contributed by atoms with Gasteiger partial charge in [-0.05, 0) is 43.7 Å². The van der Waals surface area contributed by atoms with Gasteiger partial charge in [-0.3, -0.25) is 0 Å². The maximum absolute atomic E-state index is 13.5. The van der Waals surface area contributed by atoms with Gasteiger partial charge in [-0.25, -0.2) is 14.4 Å². The van der Waals surface area contributed by atoms with Gasteiger partial charge in [0.25, 0.3) is 0 Å². The van der Waals surface area contributed by atoms with Crippen molar-refractivity contribution in [1.29, 1.82) is 0 Å². The van der Waals surface area contributed by atoms with Crippen molar-refractivity contribution in [2.75, 3.05) is 6.54 Å². The van der Waals surface area contributed by atoms with E-state index in [0.717, 1.165) is 23.6 Å². The number of halogens is 2. The Balaban J connectivity index is 2.22. The van der Waals surface area contributed by atoms with Crippen molar-refractivity contribution >= 4 is 11.6 Å². The molecular weight excluding hydrogens is 277 g/mol. The number of nitrogens with zero attached hydrogens (tertiary/aromatic N) is 2. The van der Waals surface area contributed by atoms with Crippen molar-refractivity contribution in [1.82, 2.24) is 15.3 Å². The number of nitrogens with one attached hydrogen (secondary N) is 1. The van der Waals surface area contributed by atoms with Crippen LogP contribution in [0.2, 0.25) is 5.02 Å². The van der Waals surface area contributed by atoms with Crippen molar-refractivity contribution in [3.8, 4) is 0 Å². The van der Waals surface area contributed by atoms with Crippen molar-refractivity contribution in [2.24, 2.45) is 0 Å². The Hall–Kier alpha value is -1.52. The average molecular weight is 294 g/mol. The molecule has 0 saturated carbocycles. The number of hydrogen-bond donors (Lipinski definition) is 1. The highest BCUT2D eigenvalue weighted by atomic mass is 35.5. The molecule has 3 nitrogen and oxygen atoms in total. The lowest BCUT2D eigenvalue weighted by atomic mass is 10.0. The molecule has 2 aromatic rings. The van der Waals surface area contributed by atoms with Gasteiger partial charge in [0.15, 0.2) is 0 Å². The van der Waals surface area contributed by atoms with Crippen LogP contribution in [-0.2, 0) is 6.42 Å². The predicted octanol–water partition coefficient (Wildman–Crippen LogP) is 3.47. The van der Waals surface area contributed by atoms with E-state index in [4.69, 9.17) is 11.6 Å². The van der Waals surface area contributed by atoms with Crippen LogP contribution in [0.3, 0.4) is 0 Å². The molecule has 1 N–H and O–H groups in total. The zero-order valence-corrected chi connectivity index (χ0v) is 12.3. The second kappa shape index (κ2) is 6.77. The number of aromatic nitrogens is 2. The van der Waals surface area contributed by atoms with Crippen molar-refractivity contribution in [3.63, 3.8) is 0 Å². The second-order valence-corrected chi connectivity index (χ2v) is 5.00. The molecule has 0 aliphatic heterocycles. The summed E-state index contributed by atoms with van der Waals surface area (Å²) in [6.07, 6.45) is 2.39. The molecule has 1 aromatic heterocycles. The first kappa shape index (κ1) is 14.9. The van der Waals surface area contributed by atoms with Crippen LogP contribution in [-0.4, -0.2) is 16.5 Å². The number of benzene rings is 1. The molecule has 2 rings (SSSR count). The number of likely N-dealkylation sites (N-methyl/N-ethyl adjacent to an activating group) is 1. The summed E-state index contributed by atoms with van der Waals surface area (Å²) in [5.41, 5.74) is 1.80. The zero-order valence-electron chi connectivity index (χ0n) is 11.5. The molecule has 106 valence electrons. The molecule has 0 spiro atoms. The van der Waals surface area contributed by atoms with Crippen LogP contribution < -0.4 is 5.32 Å². The minimum atomic E-state index is -0.390. The smallest absolute Gasteiger partial charge is 0.142 e. The fourth-order valence-corrected chi connectivity index (χ4v) is 2.22. The Kier molecular flexibility index (Phi) is 5.04. The SMILES string of the molecule is CCNC(Cc1ccc(Cl)c(F)c1)c1ccnc(C)n1. The minimum Gasteiger partial charge on any atom is -0.309 e. The van der Waals surface area contributed by atoms with Gasteiger partial charge >= 0.3 is 0 Å². The third-order valence-corrected chi connectivity index (χ3v) is 3.34. The average Bonchev–Trinajstić information content (AvgIpc) is 2.42. The molecule has 0 bridgehead atoms. The summed E-state index contributed by atoms with van der Waals surface area (Å²) < 4.78 is 13.5. The topological polar surface area (TPSA) is 37.8 Å². The second-order valence-electron chi connectivity index (χ2n) is 4.59. The van der Waals surface area contributed by atoms with E-state index in [2.05, 4.69) is 15.3 Å². The van der Waals surface area contributed by atoms with Gasteiger partial charge < -0.3 is 5.32 Å². The Morgan fingerprint density at radius 2 is 2.15 bits per heavy atom. The van der Waals surface area contributed by atoms with Gasteiger partial charge in [0.1, 0.15) is 11.6 Å². The van der Waals surface area contributed by atoms with E-state index in [1.54, 1.807) is 12.3 Å². The van der Waals surface area contributed by atoms with E-state index >= 15 is 0 Å². The van der Waals surface area contributed by atoms with E-state index < -0.39 is 5.82 Å². The van der Waals surface area contributed by atoms with Gasteiger partial charge in [-0.15, -0.1) is 0 Å². The number of aryl methyl sites for hydroxylation is 1. The van der Waals surface area contributed by atoms with Crippen LogP contribution in [0.25, 0.3) is 0 Å². The van der Waals surface area contributed by atoms with Gasteiger partial charge in [0.2, 0.25) is 0 Å². The molecular formula is C15H17ClFN3. The monoisotopic (exact) mass is 293 g/mol. The van der Waals surface area contributed by atoms with E-state index in [1.165, 1.54) is 6.07 Å². The molecule has 1 unspecified atom stereocenters. The zero-order chi connectivity index (χ0) is 14.5. The maximum atomic E-state index is 13.5. The van der Waals surface area contributed by atoms with E-state index in [-0.39, 0.29) is 11.1 Å². The highest BCUT2D eigenvalue weighted by Crippen LogP contribution is 2.20. The highest BCUT2D eigenvalue weighted by molar-refractivity contribution is 6.30. The molecule has 0 radical (unpaired) electrons. The molecule has 0 aliphatic rings. The first-order valence-electron chi connectivity index (χ1n) is 6.57. The quantitative estimate of drug-likeness (QED) is 0.917. The summed E-state index contributed by atoms with van der Waals surface area (Å²) in [5, 5.41) is 3.51. The Morgan fingerprint density at radius 3 is 2.80 bits per heavy atom. The summed E-state index contributed by atoms with van der Waals surface area (Å²) in [7, 11) is 0. The summed E-state index contributed by atoms with van der Waals surface area (Å²) >= 11 is 5.70. The molecule has 0 amide bonds. The molecule has 1 aromatic carbocycles. The third kappa shape index (κ3) is 3.74. The van der Waals surface area contributed by atoms with Gasteiger partial charge in [0.05, 0.1) is 16.8 Å². The van der Waals surface area contributed by atoms with Crippen LogP contribution in [0, 0.1) is 12.7 Å². The maximum Gasteiger partial charge on any atom is 0.142 e. The van der Waals surface area contributed by atoms with Crippen molar-refractivity contribution < 1.29 is 4.39 Å². The van der Waals surface area contributed by atoms with E-state index in [0.29, 0.717) is 6.42 Å². The molecule has 5 heteroatoms. The molecule has 0 fully saturated rings. The summed E-state index contributed by atoms with van der Waals surface area (Å²) in [4.78, 5) is 8.53. The standard InChI is InChI=1S/C15H17ClFN3/c1-3-18-15(14-6-7-19-10(2)20-14)9-11-4-5-12(16)13(17)8-11/h4-8,15,18H,3,9H2,1-2H3. The van der Waals surface area contributed by atoms with Crippen LogP contribution >= 0.6 is 11.6 Å². The van der Waals surface area contributed by atoms with E-state index in [9.17, 15) is 4.39 Å². The lowest BCUT2D eigenvalue weighted by molar-refractivity contribution is 0.531. The fourth-order valence-electron chi connectivity index (χ4n) is 2.10. The molecule has 1 heterocycles. The fraction of sp³-hybridized carbons (Fsp3) is 0.333. The largest absolute Gasteiger partial charge is 0.309 e. The van der Waals surface area contributed by atoms with Gasteiger partial charge in [-0.2, -0.15) is 0 Å². The van der Waals surface area contributed by atoms with Crippen LogP contribution in [0.15, 0.2) is 30.5 Å². The highest BCUT2D eigenvalue weighted by Gasteiger charge is 2.14. The lowest BCUT2D eigenvalue weighted by Crippen LogP contribution is -2.24. The van der Waals surface area contributed by atoms with Crippen molar-refractivity contribution in [3.05, 3.63) is 58.4 Å². The van der Waals surface area contributed by atoms with Crippen LogP contribution in [0.1, 0.15) is 30.0 Å². The number of hydrogen-bond acceptors (Lipinski definition) is 3. The normalized spacial score (nSPS) is 12.4. The Bertz CT molecular complexity index is 589. The van der Waals surface area contributed by atoms with Gasteiger partial charge in [-0.1, -0.05) is 24.6 Å². The van der Waals surface area contributed by atoms with Crippen molar-refractivity contribution in [2.45, 2.75) is 26.3 Å². The molecule has 0 saturated heterocycles. The minimum absolute atomic E-state index is 0.0299.